The molecule has 1 amide bonds. The number of rotatable bonds is 7. The molecule has 4 nitrogen and oxygen atoms in total. The monoisotopic (exact) mass is 259 g/mol. The van der Waals surface area contributed by atoms with Crippen LogP contribution < -0.4 is 4.74 Å². The van der Waals surface area contributed by atoms with E-state index >= 15 is 0 Å². The Morgan fingerprint density at radius 3 is 2.56 bits per heavy atom. The average molecular weight is 259 g/mol. The second kappa shape index (κ2) is 7.60. The second-order valence-corrected chi connectivity index (χ2v) is 3.56. The molecule has 18 heavy (non-hydrogen) atoms. The van der Waals surface area contributed by atoms with Crippen molar-refractivity contribution in [2.75, 3.05) is 26.3 Å². The lowest BCUT2D eigenvalue weighted by Crippen LogP contribution is -2.40. The van der Waals surface area contributed by atoms with E-state index in [2.05, 4.69) is 0 Å². The fraction of sp³-hybridized carbons (Fsp3) is 0.417. The molecular weight excluding hydrogens is 244 g/mol. The van der Waals surface area contributed by atoms with Crippen LogP contribution >= 0.6 is 0 Å². The maximum Gasteiger partial charge on any atom is 0.260 e. The zero-order valence-electron chi connectivity index (χ0n) is 9.76. The van der Waals surface area contributed by atoms with E-state index in [0.29, 0.717) is 5.75 Å². The quantitative estimate of drug-likeness (QED) is 0.799. The minimum atomic E-state index is -2.63. The molecule has 1 aromatic rings. The van der Waals surface area contributed by atoms with Crippen LogP contribution in [0.4, 0.5) is 8.78 Å². The molecule has 100 valence electrons. The third kappa shape index (κ3) is 5.09. The van der Waals surface area contributed by atoms with Crippen molar-refractivity contribution in [1.82, 2.24) is 4.90 Å². The Kier molecular flexibility index (Phi) is 6.07. The number of nitrogens with zero attached hydrogens (tertiary/aromatic N) is 1. The lowest BCUT2D eigenvalue weighted by molar-refractivity contribution is -0.135. The smallest absolute Gasteiger partial charge is 0.260 e. The highest BCUT2D eigenvalue weighted by atomic mass is 19.3. The van der Waals surface area contributed by atoms with Crippen LogP contribution in [0.5, 0.6) is 5.75 Å². The molecule has 0 radical (unpaired) electrons. The maximum absolute atomic E-state index is 12.2. The number of aliphatic hydroxyl groups is 1. The number of benzene rings is 1. The highest BCUT2D eigenvalue weighted by molar-refractivity contribution is 5.77. The molecular formula is C12H15F2NO3. The van der Waals surface area contributed by atoms with Gasteiger partial charge in [0, 0.05) is 6.54 Å². The minimum absolute atomic E-state index is 0.124. The number of hydrogen-bond acceptors (Lipinski definition) is 3. The third-order valence-corrected chi connectivity index (χ3v) is 2.19. The molecule has 0 fully saturated rings. The van der Waals surface area contributed by atoms with Gasteiger partial charge in [0.15, 0.2) is 6.61 Å². The Bertz CT molecular complexity index is 360. The molecule has 0 atom stereocenters. The number of halogens is 2. The van der Waals surface area contributed by atoms with Crippen molar-refractivity contribution in [2.24, 2.45) is 0 Å². The van der Waals surface area contributed by atoms with Gasteiger partial charge in [-0.25, -0.2) is 8.78 Å². The first-order valence-corrected chi connectivity index (χ1v) is 5.48. The standard InChI is InChI=1S/C12H15F2NO3/c13-11(14)8-15(6-7-16)12(17)9-18-10-4-2-1-3-5-10/h1-5,11,16H,6-9H2. The normalized spacial score (nSPS) is 10.4. The number of carbonyl (C=O) groups is 1. The summed E-state index contributed by atoms with van der Waals surface area (Å²) >= 11 is 0. The van der Waals surface area contributed by atoms with Crippen LogP contribution in [-0.4, -0.2) is 48.6 Å². The first-order valence-electron chi connectivity index (χ1n) is 5.48. The Labute approximate surface area is 104 Å². The Balaban J connectivity index is 2.46. The van der Waals surface area contributed by atoms with Crippen LogP contribution in [-0.2, 0) is 4.79 Å². The molecule has 0 saturated heterocycles. The maximum atomic E-state index is 12.2. The molecule has 0 aliphatic heterocycles. The predicted molar refractivity (Wildman–Crippen MR) is 61.6 cm³/mol. The number of ether oxygens (including phenoxy) is 1. The fourth-order valence-electron chi connectivity index (χ4n) is 1.36. The number of carbonyl (C=O) groups excluding carboxylic acids is 1. The summed E-state index contributed by atoms with van der Waals surface area (Å²) in [5, 5.41) is 8.70. The molecule has 0 aliphatic rings. The van der Waals surface area contributed by atoms with E-state index in [1.165, 1.54) is 0 Å². The van der Waals surface area contributed by atoms with Crippen molar-refractivity contribution in [3.05, 3.63) is 30.3 Å². The van der Waals surface area contributed by atoms with Gasteiger partial charge in [0.1, 0.15) is 5.75 Å². The molecule has 0 bridgehead atoms. The lowest BCUT2D eigenvalue weighted by atomic mass is 10.3. The van der Waals surface area contributed by atoms with Crippen LogP contribution in [0, 0.1) is 0 Å². The number of aliphatic hydroxyl groups excluding tert-OH is 1. The number of para-hydroxylation sites is 1. The molecule has 1 rings (SSSR count). The van der Waals surface area contributed by atoms with Gasteiger partial charge in [-0.1, -0.05) is 18.2 Å². The van der Waals surface area contributed by atoms with Crippen LogP contribution in [0.2, 0.25) is 0 Å². The average Bonchev–Trinajstić information content (AvgIpc) is 2.36. The summed E-state index contributed by atoms with van der Waals surface area (Å²) < 4.78 is 29.6. The zero-order chi connectivity index (χ0) is 13.4. The number of alkyl halides is 2. The number of amides is 1. The van der Waals surface area contributed by atoms with Crippen molar-refractivity contribution >= 4 is 5.91 Å². The third-order valence-electron chi connectivity index (χ3n) is 2.19. The molecule has 1 N–H and O–H groups in total. The molecule has 0 unspecified atom stereocenters. The van der Waals surface area contributed by atoms with Gasteiger partial charge in [-0.3, -0.25) is 4.79 Å². The minimum Gasteiger partial charge on any atom is -0.484 e. The molecule has 0 aliphatic carbocycles. The van der Waals surface area contributed by atoms with E-state index < -0.39 is 18.9 Å². The van der Waals surface area contributed by atoms with Gasteiger partial charge in [-0.05, 0) is 12.1 Å². The lowest BCUT2D eigenvalue weighted by Gasteiger charge is -2.21. The Morgan fingerprint density at radius 1 is 1.33 bits per heavy atom. The first kappa shape index (κ1) is 14.4. The molecule has 0 aromatic heterocycles. The molecule has 1 aromatic carbocycles. The Morgan fingerprint density at radius 2 is 2.00 bits per heavy atom. The van der Waals surface area contributed by atoms with Crippen molar-refractivity contribution in [3.8, 4) is 5.75 Å². The molecule has 0 heterocycles. The van der Waals surface area contributed by atoms with E-state index in [9.17, 15) is 13.6 Å². The van der Waals surface area contributed by atoms with Gasteiger partial charge < -0.3 is 14.7 Å². The fourth-order valence-corrected chi connectivity index (χ4v) is 1.36. The summed E-state index contributed by atoms with van der Waals surface area (Å²) in [5.74, 6) is -0.0833. The van der Waals surface area contributed by atoms with E-state index in [1.54, 1.807) is 30.3 Å². The van der Waals surface area contributed by atoms with Crippen LogP contribution in [0.15, 0.2) is 30.3 Å². The summed E-state index contributed by atoms with van der Waals surface area (Å²) in [6.07, 6.45) is -2.63. The van der Waals surface area contributed by atoms with Gasteiger partial charge in [0.2, 0.25) is 0 Å². The zero-order valence-corrected chi connectivity index (χ0v) is 9.76. The summed E-state index contributed by atoms with van der Waals surface area (Å²) in [6.45, 7) is -1.50. The SMILES string of the molecule is O=C(COc1ccccc1)N(CCO)CC(F)F. The van der Waals surface area contributed by atoms with Gasteiger partial charge in [-0.15, -0.1) is 0 Å². The van der Waals surface area contributed by atoms with Crippen molar-refractivity contribution < 1.29 is 23.4 Å². The van der Waals surface area contributed by atoms with Crippen molar-refractivity contribution in [2.45, 2.75) is 6.43 Å². The summed E-state index contributed by atoms with van der Waals surface area (Å²) in [4.78, 5) is 12.5. The van der Waals surface area contributed by atoms with Crippen molar-refractivity contribution in [3.63, 3.8) is 0 Å². The predicted octanol–water partition coefficient (Wildman–Crippen LogP) is 1.15. The highest BCUT2D eigenvalue weighted by Crippen LogP contribution is 2.08. The summed E-state index contributed by atoms with van der Waals surface area (Å²) in [7, 11) is 0. The first-order chi connectivity index (χ1) is 8.63. The molecule has 0 saturated carbocycles. The molecule has 6 heteroatoms. The van der Waals surface area contributed by atoms with Crippen LogP contribution in [0.1, 0.15) is 0 Å². The van der Waals surface area contributed by atoms with E-state index in [1.807, 2.05) is 0 Å². The van der Waals surface area contributed by atoms with Gasteiger partial charge >= 0.3 is 0 Å². The highest BCUT2D eigenvalue weighted by Gasteiger charge is 2.18. The Hall–Kier alpha value is -1.69. The second-order valence-electron chi connectivity index (χ2n) is 3.56. The molecule has 0 spiro atoms. The van der Waals surface area contributed by atoms with Crippen molar-refractivity contribution in [1.29, 1.82) is 0 Å². The summed E-state index contributed by atoms with van der Waals surface area (Å²) in [6, 6.07) is 8.60. The van der Waals surface area contributed by atoms with Gasteiger partial charge in [-0.2, -0.15) is 0 Å². The van der Waals surface area contributed by atoms with E-state index in [0.717, 1.165) is 4.90 Å². The summed E-state index contributed by atoms with van der Waals surface area (Å²) in [5.41, 5.74) is 0. The van der Waals surface area contributed by atoms with Gasteiger partial charge in [0.05, 0.1) is 13.2 Å². The topological polar surface area (TPSA) is 49.8 Å². The van der Waals surface area contributed by atoms with Gasteiger partial charge in [0.25, 0.3) is 12.3 Å². The number of hydrogen-bond donors (Lipinski definition) is 1. The largest absolute Gasteiger partial charge is 0.484 e. The van der Waals surface area contributed by atoms with E-state index in [-0.39, 0.29) is 19.8 Å². The van der Waals surface area contributed by atoms with Crippen LogP contribution in [0.3, 0.4) is 0 Å². The van der Waals surface area contributed by atoms with Crippen LogP contribution in [0.25, 0.3) is 0 Å². The van der Waals surface area contributed by atoms with E-state index in [4.69, 9.17) is 9.84 Å².